The van der Waals surface area contributed by atoms with Gasteiger partial charge in [-0.15, -0.1) is 0 Å². The summed E-state index contributed by atoms with van der Waals surface area (Å²) in [5, 5.41) is 0. The van der Waals surface area contributed by atoms with Crippen LogP contribution in [0.5, 0.6) is 0 Å². The van der Waals surface area contributed by atoms with Crippen LogP contribution in [0.3, 0.4) is 0 Å². The standard InChI is InChI=1S/C12H16O6/c1-5-6-16-10(13)7-9(4)12(15)18-17-11(14)8(2)3/h7H,2,5-6H2,1,3-4H3/b9-7-. The van der Waals surface area contributed by atoms with E-state index in [0.717, 1.165) is 6.08 Å². The predicted octanol–water partition coefficient (Wildman–Crippen LogP) is 1.46. The summed E-state index contributed by atoms with van der Waals surface area (Å²) >= 11 is 0. The molecule has 0 saturated carbocycles. The Balaban J connectivity index is 4.25. The molecule has 0 bridgehead atoms. The molecule has 0 saturated heterocycles. The van der Waals surface area contributed by atoms with Crippen LogP contribution in [0.25, 0.3) is 0 Å². The van der Waals surface area contributed by atoms with E-state index in [4.69, 9.17) is 4.74 Å². The highest BCUT2D eigenvalue weighted by atomic mass is 17.2. The summed E-state index contributed by atoms with van der Waals surface area (Å²) in [6.07, 6.45) is 1.64. The molecule has 0 rings (SSSR count). The summed E-state index contributed by atoms with van der Waals surface area (Å²) in [5.74, 6) is -2.46. The molecule has 0 spiro atoms. The van der Waals surface area contributed by atoms with Gasteiger partial charge in [-0.3, -0.25) is 0 Å². The van der Waals surface area contributed by atoms with Gasteiger partial charge in [0.15, 0.2) is 0 Å². The molecule has 18 heavy (non-hydrogen) atoms. The molecule has 0 radical (unpaired) electrons. The number of hydrogen-bond donors (Lipinski definition) is 0. The van der Waals surface area contributed by atoms with Gasteiger partial charge in [-0.05, 0) is 20.3 Å². The molecule has 0 aromatic heterocycles. The average Bonchev–Trinajstić information content (AvgIpc) is 2.32. The Kier molecular flexibility index (Phi) is 7.11. The molecule has 0 aliphatic rings. The van der Waals surface area contributed by atoms with Crippen molar-refractivity contribution >= 4 is 17.9 Å². The molecule has 0 aromatic carbocycles. The first-order valence-corrected chi connectivity index (χ1v) is 5.32. The van der Waals surface area contributed by atoms with Crippen LogP contribution in [0.4, 0.5) is 0 Å². The van der Waals surface area contributed by atoms with Gasteiger partial charge in [0, 0.05) is 17.2 Å². The van der Waals surface area contributed by atoms with Crippen LogP contribution in [-0.4, -0.2) is 24.5 Å². The number of carbonyl (C=O) groups is 3. The van der Waals surface area contributed by atoms with Crippen molar-refractivity contribution in [1.82, 2.24) is 0 Å². The molecule has 100 valence electrons. The second kappa shape index (κ2) is 8.05. The van der Waals surface area contributed by atoms with Crippen molar-refractivity contribution in [3.8, 4) is 0 Å². The molecule has 6 nitrogen and oxygen atoms in total. The predicted molar refractivity (Wildman–Crippen MR) is 62.0 cm³/mol. The molecule has 0 N–H and O–H groups in total. The molecule has 0 atom stereocenters. The van der Waals surface area contributed by atoms with Gasteiger partial charge in [0.05, 0.1) is 6.61 Å². The third-order valence-corrected chi connectivity index (χ3v) is 1.65. The number of ether oxygens (including phenoxy) is 1. The maximum absolute atomic E-state index is 11.3. The zero-order chi connectivity index (χ0) is 14.1. The minimum absolute atomic E-state index is 0.0365. The molecule has 6 heteroatoms. The van der Waals surface area contributed by atoms with Gasteiger partial charge in [0.2, 0.25) is 0 Å². The van der Waals surface area contributed by atoms with Crippen molar-refractivity contribution in [2.24, 2.45) is 0 Å². The smallest absolute Gasteiger partial charge is 0.382 e. The molecule has 0 aliphatic carbocycles. The highest BCUT2D eigenvalue weighted by Gasteiger charge is 2.13. The van der Waals surface area contributed by atoms with Crippen molar-refractivity contribution in [3.63, 3.8) is 0 Å². The monoisotopic (exact) mass is 256 g/mol. The normalized spacial score (nSPS) is 10.5. The lowest BCUT2D eigenvalue weighted by Gasteiger charge is -2.03. The van der Waals surface area contributed by atoms with Crippen molar-refractivity contribution in [2.45, 2.75) is 27.2 Å². The van der Waals surface area contributed by atoms with Crippen molar-refractivity contribution in [1.29, 1.82) is 0 Å². The van der Waals surface area contributed by atoms with Crippen LogP contribution < -0.4 is 0 Å². The Labute approximate surface area is 105 Å². The summed E-state index contributed by atoms with van der Waals surface area (Å²) in [5.41, 5.74) is 0.0532. The minimum Gasteiger partial charge on any atom is -0.463 e. The molecule has 0 aromatic rings. The third-order valence-electron chi connectivity index (χ3n) is 1.65. The highest BCUT2D eigenvalue weighted by molar-refractivity contribution is 5.96. The van der Waals surface area contributed by atoms with E-state index in [2.05, 4.69) is 16.4 Å². The van der Waals surface area contributed by atoms with Crippen molar-refractivity contribution in [2.75, 3.05) is 6.61 Å². The maximum atomic E-state index is 11.3. The fourth-order valence-electron chi connectivity index (χ4n) is 0.693. The van der Waals surface area contributed by atoms with Gasteiger partial charge in [0.25, 0.3) is 0 Å². The SMILES string of the molecule is C=C(C)C(=O)OOC(=O)/C(C)=C\C(=O)OCCC. The van der Waals surface area contributed by atoms with E-state index in [-0.39, 0.29) is 17.8 Å². The Bertz CT molecular complexity index is 380. The molecule has 0 aliphatic heterocycles. The Morgan fingerprint density at radius 3 is 2.17 bits per heavy atom. The fraction of sp³-hybridized carbons (Fsp3) is 0.417. The first kappa shape index (κ1) is 15.9. The number of rotatable bonds is 5. The van der Waals surface area contributed by atoms with Gasteiger partial charge in [0.1, 0.15) is 0 Å². The fourth-order valence-corrected chi connectivity index (χ4v) is 0.693. The van der Waals surface area contributed by atoms with Crippen molar-refractivity contribution < 1.29 is 28.9 Å². The summed E-state index contributed by atoms with van der Waals surface area (Å²) in [6, 6.07) is 0. The zero-order valence-electron chi connectivity index (χ0n) is 10.6. The minimum atomic E-state index is -0.946. The maximum Gasteiger partial charge on any atom is 0.382 e. The van der Waals surface area contributed by atoms with Gasteiger partial charge < -0.3 is 4.74 Å². The van der Waals surface area contributed by atoms with Crippen LogP contribution in [0.2, 0.25) is 0 Å². The molecule has 0 fully saturated rings. The van der Waals surface area contributed by atoms with Crippen molar-refractivity contribution in [3.05, 3.63) is 23.8 Å². The Morgan fingerprint density at radius 2 is 1.67 bits per heavy atom. The first-order chi connectivity index (χ1) is 8.38. The van der Waals surface area contributed by atoms with Gasteiger partial charge in [-0.2, -0.15) is 0 Å². The van der Waals surface area contributed by atoms with E-state index < -0.39 is 17.9 Å². The third kappa shape index (κ3) is 6.47. The van der Waals surface area contributed by atoms with Crippen LogP contribution in [0, 0.1) is 0 Å². The second-order valence-electron chi connectivity index (χ2n) is 3.52. The molecular weight excluding hydrogens is 240 g/mol. The second-order valence-corrected chi connectivity index (χ2v) is 3.52. The van der Waals surface area contributed by atoms with E-state index in [0.29, 0.717) is 6.42 Å². The quantitative estimate of drug-likeness (QED) is 0.321. The topological polar surface area (TPSA) is 78.9 Å². The van der Waals surface area contributed by atoms with E-state index in [1.807, 2.05) is 6.92 Å². The Hall–Kier alpha value is -2.11. The first-order valence-electron chi connectivity index (χ1n) is 5.32. The average molecular weight is 256 g/mol. The summed E-state index contributed by atoms with van der Waals surface area (Å²) in [7, 11) is 0. The summed E-state index contributed by atoms with van der Waals surface area (Å²) < 4.78 is 4.73. The van der Waals surface area contributed by atoms with E-state index in [9.17, 15) is 14.4 Å². The van der Waals surface area contributed by atoms with Gasteiger partial charge in [-0.25, -0.2) is 24.2 Å². The number of esters is 1. The van der Waals surface area contributed by atoms with Gasteiger partial charge >= 0.3 is 17.9 Å². The highest BCUT2D eigenvalue weighted by Crippen LogP contribution is 2.01. The van der Waals surface area contributed by atoms with E-state index >= 15 is 0 Å². The molecule has 0 heterocycles. The van der Waals surface area contributed by atoms with Crippen LogP contribution in [-0.2, 0) is 28.9 Å². The molecule has 0 amide bonds. The summed E-state index contributed by atoms with van der Waals surface area (Å²) in [6.45, 7) is 8.16. The number of hydrogen-bond acceptors (Lipinski definition) is 6. The lowest BCUT2D eigenvalue weighted by Crippen LogP contribution is -2.13. The van der Waals surface area contributed by atoms with Gasteiger partial charge in [-0.1, -0.05) is 13.5 Å². The van der Waals surface area contributed by atoms with Crippen LogP contribution in [0.15, 0.2) is 23.8 Å². The largest absolute Gasteiger partial charge is 0.463 e. The lowest BCUT2D eigenvalue weighted by molar-refractivity contribution is -0.252. The Morgan fingerprint density at radius 1 is 1.11 bits per heavy atom. The van der Waals surface area contributed by atoms with Crippen LogP contribution in [0.1, 0.15) is 27.2 Å². The molecular formula is C12H16O6. The lowest BCUT2D eigenvalue weighted by atomic mass is 10.3. The summed E-state index contributed by atoms with van der Waals surface area (Å²) in [4.78, 5) is 41.7. The zero-order valence-corrected chi connectivity index (χ0v) is 10.6. The van der Waals surface area contributed by atoms with E-state index in [1.54, 1.807) is 0 Å². The van der Waals surface area contributed by atoms with E-state index in [1.165, 1.54) is 13.8 Å². The number of carbonyl (C=O) groups excluding carboxylic acids is 3. The molecule has 0 unspecified atom stereocenters. The van der Waals surface area contributed by atoms with Crippen LogP contribution >= 0.6 is 0 Å².